The maximum atomic E-state index is 13.1. The Bertz CT molecular complexity index is 718. The van der Waals surface area contributed by atoms with E-state index in [1.54, 1.807) is 19.2 Å². The van der Waals surface area contributed by atoms with Crippen LogP contribution in [0.25, 0.3) is 0 Å². The van der Waals surface area contributed by atoms with Crippen LogP contribution in [0, 0.1) is 5.82 Å². The number of halogens is 1. The number of nitrogens with one attached hydrogen (secondary N) is 3. The third-order valence-electron chi connectivity index (χ3n) is 3.69. The molecule has 6 heteroatoms. The van der Waals surface area contributed by atoms with Gasteiger partial charge in [-0.2, -0.15) is 0 Å². The van der Waals surface area contributed by atoms with Crippen molar-refractivity contribution in [2.45, 2.75) is 12.8 Å². The Morgan fingerprint density at radius 1 is 1.12 bits per heavy atom. The Hall–Kier alpha value is -2.89. The smallest absolute Gasteiger partial charge is 0.243 e. The van der Waals surface area contributed by atoms with E-state index in [-0.39, 0.29) is 12.5 Å². The molecule has 0 radical (unpaired) electrons. The Balaban J connectivity index is 1.77. The first-order valence-electron chi connectivity index (χ1n) is 8.13. The molecule has 1 amide bonds. The summed E-state index contributed by atoms with van der Waals surface area (Å²) in [6, 6.07) is 15.9. The Labute approximate surface area is 147 Å². The fraction of sp³-hybridized carbons (Fsp3) is 0.263. The van der Waals surface area contributed by atoms with Gasteiger partial charge < -0.3 is 16.0 Å². The van der Waals surface area contributed by atoms with Crippen LogP contribution in [0.1, 0.15) is 18.4 Å². The van der Waals surface area contributed by atoms with Crippen LogP contribution in [0.3, 0.4) is 0 Å². The molecule has 2 aromatic rings. The number of nitrogens with zero attached hydrogens (tertiary/aromatic N) is 1. The molecule has 0 aliphatic heterocycles. The van der Waals surface area contributed by atoms with Gasteiger partial charge in [0.05, 0.1) is 6.54 Å². The standard InChI is InChI=1S/C19H23FN4O/c1-14(15-7-4-3-5-8-15)12-22-19(21-2)23-13-18(25)24-17-10-6-9-16(20)11-17/h3-11,14H,12-13H2,1-2H3,(H,24,25)(H2,21,22,23). The zero-order valence-electron chi connectivity index (χ0n) is 14.4. The Morgan fingerprint density at radius 3 is 2.56 bits per heavy atom. The molecule has 0 aliphatic rings. The first-order chi connectivity index (χ1) is 12.1. The van der Waals surface area contributed by atoms with Gasteiger partial charge >= 0.3 is 0 Å². The molecule has 25 heavy (non-hydrogen) atoms. The number of amides is 1. The van der Waals surface area contributed by atoms with E-state index >= 15 is 0 Å². The van der Waals surface area contributed by atoms with Gasteiger partial charge in [0.2, 0.25) is 5.91 Å². The number of carbonyl (C=O) groups excluding carboxylic acids is 1. The van der Waals surface area contributed by atoms with Crippen molar-refractivity contribution in [2.75, 3.05) is 25.5 Å². The van der Waals surface area contributed by atoms with Crippen LogP contribution in [0.2, 0.25) is 0 Å². The third-order valence-corrected chi connectivity index (χ3v) is 3.69. The van der Waals surface area contributed by atoms with Crippen molar-refractivity contribution < 1.29 is 9.18 Å². The summed E-state index contributed by atoms with van der Waals surface area (Å²) in [5, 5.41) is 8.77. The highest BCUT2D eigenvalue weighted by molar-refractivity contribution is 5.94. The molecule has 0 fully saturated rings. The number of benzene rings is 2. The summed E-state index contributed by atoms with van der Waals surface area (Å²) < 4.78 is 13.1. The van der Waals surface area contributed by atoms with Crippen LogP contribution < -0.4 is 16.0 Å². The number of anilines is 1. The van der Waals surface area contributed by atoms with Crippen LogP contribution in [-0.2, 0) is 4.79 Å². The van der Waals surface area contributed by atoms with Crippen molar-refractivity contribution in [1.82, 2.24) is 10.6 Å². The van der Waals surface area contributed by atoms with Crippen molar-refractivity contribution in [2.24, 2.45) is 4.99 Å². The Morgan fingerprint density at radius 2 is 1.88 bits per heavy atom. The zero-order valence-corrected chi connectivity index (χ0v) is 14.4. The van der Waals surface area contributed by atoms with Gasteiger partial charge in [-0.05, 0) is 29.7 Å². The fourth-order valence-corrected chi connectivity index (χ4v) is 2.31. The second kappa shape index (κ2) is 9.42. The van der Waals surface area contributed by atoms with Crippen LogP contribution in [0.4, 0.5) is 10.1 Å². The van der Waals surface area contributed by atoms with E-state index in [0.29, 0.717) is 24.1 Å². The monoisotopic (exact) mass is 342 g/mol. The molecule has 0 saturated carbocycles. The summed E-state index contributed by atoms with van der Waals surface area (Å²) in [6.07, 6.45) is 0. The van der Waals surface area contributed by atoms with Crippen LogP contribution in [-0.4, -0.2) is 32.0 Å². The van der Waals surface area contributed by atoms with E-state index in [1.165, 1.54) is 17.7 Å². The van der Waals surface area contributed by atoms with E-state index in [2.05, 4.69) is 40.0 Å². The van der Waals surface area contributed by atoms with Gasteiger partial charge in [0, 0.05) is 19.3 Å². The summed E-state index contributed by atoms with van der Waals surface area (Å²) in [4.78, 5) is 16.0. The molecule has 0 aliphatic carbocycles. The lowest BCUT2D eigenvalue weighted by Crippen LogP contribution is -2.42. The molecular weight excluding hydrogens is 319 g/mol. The zero-order chi connectivity index (χ0) is 18.1. The van der Waals surface area contributed by atoms with E-state index in [9.17, 15) is 9.18 Å². The lowest BCUT2D eigenvalue weighted by molar-refractivity contribution is -0.115. The maximum Gasteiger partial charge on any atom is 0.243 e. The minimum absolute atomic E-state index is 0.0376. The van der Waals surface area contributed by atoms with Crippen LogP contribution >= 0.6 is 0 Å². The molecule has 2 rings (SSSR count). The van der Waals surface area contributed by atoms with Gasteiger partial charge in [-0.1, -0.05) is 43.3 Å². The SMILES string of the molecule is CN=C(NCC(=O)Nc1cccc(F)c1)NCC(C)c1ccccc1. The number of guanidine groups is 1. The fourth-order valence-electron chi connectivity index (χ4n) is 2.31. The van der Waals surface area contributed by atoms with E-state index in [1.807, 2.05) is 18.2 Å². The molecule has 3 N–H and O–H groups in total. The molecule has 0 spiro atoms. The quantitative estimate of drug-likeness (QED) is 0.559. The molecular formula is C19H23FN4O. The second-order valence-corrected chi connectivity index (χ2v) is 5.68. The first kappa shape index (κ1) is 18.4. The highest BCUT2D eigenvalue weighted by Crippen LogP contribution is 2.12. The number of aliphatic imine (C=N–C) groups is 1. The third kappa shape index (κ3) is 6.25. The highest BCUT2D eigenvalue weighted by Gasteiger charge is 2.08. The number of rotatable bonds is 6. The first-order valence-corrected chi connectivity index (χ1v) is 8.13. The van der Waals surface area contributed by atoms with Gasteiger partial charge in [-0.15, -0.1) is 0 Å². The normalized spacial score (nSPS) is 12.4. The number of hydrogen-bond donors (Lipinski definition) is 3. The molecule has 0 saturated heterocycles. The van der Waals surface area contributed by atoms with E-state index < -0.39 is 5.82 Å². The highest BCUT2D eigenvalue weighted by atomic mass is 19.1. The van der Waals surface area contributed by atoms with Crippen molar-refractivity contribution in [3.05, 3.63) is 66.0 Å². The van der Waals surface area contributed by atoms with E-state index in [0.717, 1.165) is 0 Å². The van der Waals surface area contributed by atoms with Gasteiger partial charge in [0.1, 0.15) is 5.82 Å². The van der Waals surface area contributed by atoms with Crippen molar-refractivity contribution in [1.29, 1.82) is 0 Å². The van der Waals surface area contributed by atoms with Crippen molar-refractivity contribution in [3.8, 4) is 0 Å². The average molecular weight is 342 g/mol. The molecule has 2 aromatic carbocycles. The Kier molecular flexibility index (Phi) is 6.95. The number of hydrogen-bond acceptors (Lipinski definition) is 2. The molecule has 1 atom stereocenters. The van der Waals surface area contributed by atoms with Crippen molar-refractivity contribution in [3.63, 3.8) is 0 Å². The lowest BCUT2D eigenvalue weighted by Gasteiger charge is -2.16. The molecule has 1 unspecified atom stereocenters. The minimum Gasteiger partial charge on any atom is -0.356 e. The summed E-state index contributed by atoms with van der Waals surface area (Å²) in [5.74, 6) is 0.181. The summed E-state index contributed by atoms with van der Waals surface area (Å²) in [6.45, 7) is 2.84. The molecule has 132 valence electrons. The predicted octanol–water partition coefficient (Wildman–Crippen LogP) is 2.73. The van der Waals surface area contributed by atoms with Gasteiger partial charge in [-0.25, -0.2) is 4.39 Å². The number of carbonyl (C=O) groups is 1. The predicted molar refractivity (Wildman–Crippen MR) is 99.3 cm³/mol. The summed E-state index contributed by atoms with van der Waals surface area (Å²) >= 11 is 0. The van der Waals surface area contributed by atoms with Gasteiger partial charge in [0.15, 0.2) is 5.96 Å². The average Bonchev–Trinajstić information content (AvgIpc) is 2.62. The summed E-state index contributed by atoms with van der Waals surface area (Å²) in [7, 11) is 1.65. The van der Waals surface area contributed by atoms with Crippen LogP contribution in [0.5, 0.6) is 0 Å². The van der Waals surface area contributed by atoms with Crippen molar-refractivity contribution >= 4 is 17.6 Å². The molecule has 0 aromatic heterocycles. The minimum atomic E-state index is -0.391. The molecule has 5 nitrogen and oxygen atoms in total. The lowest BCUT2D eigenvalue weighted by atomic mass is 10.0. The molecule has 0 bridgehead atoms. The topological polar surface area (TPSA) is 65.5 Å². The largest absolute Gasteiger partial charge is 0.356 e. The molecule has 0 heterocycles. The summed E-state index contributed by atoms with van der Waals surface area (Å²) in [5.41, 5.74) is 1.65. The van der Waals surface area contributed by atoms with Gasteiger partial charge in [-0.3, -0.25) is 9.79 Å². The van der Waals surface area contributed by atoms with Crippen LogP contribution in [0.15, 0.2) is 59.6 Å². The maximum absolute atomic E-state index is 13.1. The van der Waals surface area contributed by atoms with Gasteiger partial charge in [0.25, 0.3) is 0 Å². The van der Waals surface area contributed by atoms with E-state index in [4.69, 9.17) is 0 Å². The second-order valence-electron chi connectivity index (χ2n) is 5.68.